The van der Waals surface area contributed by atoms with Crippen LogP contribution in [0.25, 0.3) is 6.08 Å². The average molecular weight is 149 g/mol. The van der Waals surface area contributed by atoms with Crippen LogP contribution in [-0.2, 0) is 0 Å². The molecule has 0 unspecified atom stereocenters. The largest absolute Gasteiger partial charge is 0.412 e. The van der Waals surface area contributed by atoms with Crippen molar-refractivity contribution in [3.63, 3.8) is 0 Å². The molecule has 2 nitrogen and oxygen atoms in total. The lowest BCUT2D eigenvalue weighted by molar-refractivity contribution is 0.334. The summed E-state index contributed by atoms with van der Waals surface area (Å²) in [7, 11) is 0. The third kappa shape index (κ3) is 2.09. The fraction of sp³-hybridized carbons (Fsp3) is 0.111. The third-order valence-electron chi connectivity index (χ3n) is 1.38. The van der Waals surface area contributed by atoms with Crippen LogP contribution in [0.2, 0.25) is 0 Å². The van der Waals surface area contributed by atoms with Crippen molar-refractivity contribution in [2.45, 2.75) is 6.92 Å². The van der Waals surface area contributed by atoms with Gasteiger partial charge < -0.3 is 4.84 Å². The summed E-state index contributed by atoms with van der Waals surface area (Å²) in [6.45, 7) is 1.98. The summed E-state index contributed by atoms with van der Waals surface area (Å²) >= 11 is 0. The molecule has 1 rings (SSSR count). The molecule has 0 heterocycles. The molecule has 58 valence electrons. The maximum atomic E-state index is 4.96. The van der Waals surface area contributed by atoms with Crippen molar-refractivity contribution in [1.82, 2.24) is 0 Å². The van der Waals surface area contributed by atoms with Crippen LogP contribution in [0.5, 0.6) is 5.75 Å². The molecule has 0 aliphatic rings. The van der Waals surface area contributed by atoms with Crippen molar-refractivity contribution >= 4 is 6.08 Å². The maximum absolute atomic E-state index is 4.96. The van der Waals surface area contributed by atoms with Crippen molar-refractivity contribution < 1.29 is 4.84 Å². The number of rotatable bonds is 2. The molecular formula is C9H11NO. The third-order valence-corrected chi connectivity index (χ3v) is 1.38. The van der Waals surface area contributed by atoms with Crippen molar-refractivity contribution in [3.05, 3.63) is 35.9 Å². The van der Waals surface area contributed by atoms with Gasteiger partial charge in [-0.1, -0.05) is 24.3 Å². The zero-order chi connectivity index (χ0) is 8.10. The lowest BCUT2D eigenvalue weighted by Crippen LogP contribution is -2.00. The molecule has 0 bridgehead atoms. The smallest absolute Gasteiger partial charge is 0.146 e. The molecule has 0 radical (unpaired) electrons. The Morgan fingerprint density at radius 3 is 2.36 bits per heavy atom. The maximum Gasteiger partial charge on any atom is 0.146 e. The minimum atomic E-state index is 0.679. The highest BCUT2D eigenvalue weighted by Crippen LogP contribution is 2.11. The zero-order valence-corrected chi connectivity index (χ0v) is 6.45. The van der Waals surface area contributed by atoms with E-state index in [1.165, 1.54) is 0 Å². The van der Waals surface area contributed by atoms with E-state index in [9.17, 15) is 0 Å². The van der Waals surface area contributed by atoms with Crippen molar-refractivity contribution in [2.75, 3.05) is 0 Å². The second-order valence-corrected chi connectivity index (χ2v) is 2.19. The molecule has 2 heteroatoms. The van der Waals surface area contributed by atoms with Gasteiger partial charge in [-0.15, -0.1) is 0 Å². The second kappa shape index (κ2) is 3.78. The normalized spacial score (nSPS) is 10.4. The molecule has 0 spiro atoms. The van der Waals surface area contributed by atoms with E-state index >= 15 is 0 Å². The number of benzene rings is 1. The highest BCUT2D eigenvalue weighted by atomic mass is 16.6. The molecule has 0 atom stereocenters. The van der Waals surface area contributed by atoms with Gasteiger partial charge in [0.05, 0.1) is 0 Å². The van der Waals surface area contributed by atoms with Crippen LogP contribution in [0.1, 0.15) is 12.5 Å². The molecule has 0 aliphatic heterocycles. The van der Waals surface area contributed by atoms with E-state index in [1.54, 1.807) is 0 Å². The molecule has 0 aliphatic carbocycles. The van der Waals surface area contributed by atoms with Crippen LogP contribution in [-0.4, -0.2) is 0 Å². The van der Waals surface area contributed by atoms with E-state index in [0.717, 1.165) is 5.56 Å². The topological polar surface area (TPSA) is 35.2 Å². The Morgan fingerprint density at radius 2 is 1.91 bits per heavy atom. The van der Waals surface area contributed by atoms with Gasteiger partial charge in [0.2, 0.25) is 0 Å². The van der Waals surface area contributed by atoms with Crippen LogP contribution in [0.15, 0.2) is 30.3 Å². The van der Waals surface area contributed by atoms with Crippen molar-refractivity contribution in [2.24, 2.45) is 5.90 Å². The number of nitrogens with two attached hydrogens (primary N) is 1. The predicted molar refractivity (Wildman–Crippen MR) is 46.0 cm³/mol. The second-order valence-electron chi connectivity index (χ2n) is 2.19. The van der Waals surface area contributed by atoms with Gasteiger partial charge in [0.15, 0.2) is 0 Å². The lowest BCUT2D eigenvalue weighted by atomic mass is 10.2. The summed E-state index contributed by atoms with van der Waals surface area (Å²) in [5.74, 6) is 5.63. The van der Waals surface area contributed by atoms with E-state index < -0.39 is 0 Å². The standard InChI is InChI=1S/C9H11NO/c1-2-3-8-4-6-9(11-10)7-5-8/h2-7H,10H2,1H3. The molecular weight excluding hydrogens is 138 g/mol. The minimum Gasteiger partial charge on any atom is -0.412 e. The molecule has 0 fully saturated rings. The molecule has 0 aromatic heterocycles. The fourth-order valence-electron chi connectivity index (χ4n) is 0.850. The van der Waals surface area contributed by atoms with Gasteiger partial charge in [-0.3, -0.25) is 0 Å². The first-order valence-corrected chi connectivity index (χ1v) is 3.46. The highest BCUT2D eigenvalue weighted by molar-refractivity contribution is 5.49. The van der Waals surface area contributed by atoms with Crippen molar-refractivity contribution in [1.29, 1.82) is 0 Å². The highest BCUT2D eigenvalue weighted by Gasteiger charge is 1.88. The lowest BCUT2D eigenvalue weighted by Gasteiger charge is -1.97. The van der Waals surface area contributed by atoms with Crippen LogP contribution in [0, 0.1) is 0 Å². The molecule has 2 N–H and O–H groups in total. The number of allylic oxidation sites excluding steroid dienone is 1. The van der Waals surface area contributed by atoms with E-state index in [2.05, 4.69) is 4.84 Å². The average Bonchev–Trinajstić information content (AvgIpc) is 2.07. The number of hydrogen-bond acceptors (Lipinski definition) is 2. The Bertz CT molecular complexity index is 238. The molecule has 0 saturated heterocycles. The summed E-state index contributed by atoms with van der Waals surface area (Å²) < 4.78 is 0. The molecule has 0 saturated carbocycles. The van der Waals surface area contributed by atoms with Gasteiger partial charge in [-0.25, -0.2) is 0 Å². The first kappa shape index (κ1) is 7.82. The van der Waals surface area contributed by atoms with E-state index in [0.29, 0.717) is 5.75 Å². The summed E-state index contributed by atoms with van der Waals surface area (Å²) in [6.07, 6.45) is 4.00. The van der Waals surface area contributed by atoms with E-state index in [4.69, 9.17) is 5.90 Å². The van der Waals surface area contributed by atoms with Gasteiger partial charge in [0, 0.05) is 0 Å². The summed E-state index contributed by atoms with van der Waals surface area (Å²) in [5, 5.41) is 0. The van der Waals surface area contributed by atoms with Crippen LogP contribution in [0.4, 0.5) is 0 Å². The zero-order valence-electron chi connectivity index (χ0n) is 6.45. The Hall–Kier alpha value is -1.28. The Morgan fingerprint density at radius 1 is 1.27 bits per heavy atom. The van der Waals surface area contributed by atoms with Crippen LogP contribution < -0.4 is 10.7 Å². The Kier molecular flexibility index (Phi) is 2.69. The summed E-state index contributed by atoms with van der Waals surface area (Å²) in [5.41, 5.74) is 1.15. The van der Waals surface area contributed by atoms with E-state index in [1.807, 2.05) is 43.3 Å². The SMILES string of the molecule is CC=Cc1ccc(ON)cc1. The molecule has 1 aromatic rings. The molecule has 11 heavy (non-hydrogen) atoms. The molecule has 1 aromatic carbocycles. The predicted octanol–water partition coefficient (Wildman–Crippen LogP) is 1.97. The summed E-state index contributed by atoms with van der Waals surface area (Å²) in [6, 6.07) is 7.55. The van der Waals surface area contributed by atoms with Gasteiger partial charge in [0.1, 0.15) is 5.75 Å². The Labute approximate surface area is 66.2 Å². The van der Waals surface area contributed by atoms with Gasteiger partial charge >= 0.3 is 0 Å². The first-order valence-electron chi connectivity index (χ1n) is 3.46. The molecule has 0 amide bonds. The van der Waals surface area contributed by atoms with Gasteiger partial charge in [-0.05, 0) is 24.6 Å². The number of hydrogen-bond donors (Lipinski definition) is 1. The van der Waals surface area contributed by atoms with Crippen molar-refractivity contribution in [3.8, 4) is 5.75 Å². The summed E-state index contributed by atoms with van der Waals surface area (Å²) in [4.78, 5) is 4.52. The van der Waals surface area contributed by atoms with Gasteiger partial charge in [-0.2, -0.15) is 5.90 Å². The van der Waals surface area contributed by atoms with E-state index in [-0.39, 0.29) is 0 Å². The van der Waals surface area contributed by atoms with Crippen LogP contribution >= 0.6 is 0 Å². The first-order chi connectivity index (χ1) is 5.36. The quantitative estimate of drug-likeness (QED) is 0.652. The minimum absolute atomic E-state index is 0.679. The van der Waals surface area contributed by atoms with Crippen LogP contribution in [0.3, 0.4) is 0 Å². The fourth-order valence-corrected chi connectivity index (χ4v) is 0.850. The van der Waals surface area contributed by atoms with Gasteiger partial charge in [0.25, 0.3) is 0 Å². The Balaban J connectivity index is 2.82. The monoisotopic (exact) mass is 149 g/mol.